The average molecular weight is 207 g/mol. The number of aliphatic hydroxyl groups is 1. The van der Waals surface area contributed by atoms with Gasteiger partial charge in [-0.3, -0.25) is 0 Å². The minimum atomic E-state index is 0.186. The fourth-order valence-electron chi connectivity index (χ4n) is 1.47. The minimum Gasteiger partial charge on any atom is -0.395 e. The summed E-state index contributed by atoms with van der Waals surface area (Å²) in [5, 5.41) is 12.5. The molecule has 1 rings (SSSR count). The first-order valence-electron chi connectivity index (χ1n) is 5.53. The van der Waals surface area contributed by atoms with Gasteiger partial charge in [0.2, 0.25) is 0 Å². The maximum atomic E-state index is 9.16. The van der Waals surface area contributed by atoms with Crippen LogP contribution in [0.4, 0.5) is 0 Å². The summed E-state index contributed by atoms with van der Waals surface area (Å²) >= 11 is 0. The van der Waals surface area contributed by atoms with Gasteiger partial charge in [0.15, 0.2) is 0 Å². The zero-order valence-electron chi connectivity index (χ0n) is 9.83. The molecular formula is C13H21NO. The third-order valence-electron chi connectivity index (χ3n) is 2.69. The molecule has 0 radical (unpaired) electrons. The second-order valence-corrected chi connectivity index (χ2v) is 4.40. The molecule has 0 aliphatic heterocycles. The Labute approximate surface area is 92.3 Å². The maximum absolute atomic E-state index is 9.16. The summed E-state index contributed by atoms with van der Waals surface area (Å²) in [5.41, 5.74) is 2.54. The first-order valence-corrected chi connectivity index (χ1v) is 5.53. The second kappa shape index (κ2) is 5.89. The van der Waals surface area contributed by atoms with Crippen LogP contribution in [-0.2, 0) is 6.54 Å². The number of hydrogen-bond acceptors (Lipinski definition) is 2. The molecule has 0 unspecified atom stereocenters. The van der Waals surface area contributed by atoms with E-state index in [-0.39, 0.29) is 12.6 Å². The van der Waals surface area contributed by atoms with Gasteiger partial charge in [-0.25, -0.2) is 0 Å². The van der Waals surface area contributed by atoms with E-state index in [2.05, 4.69) is 50.4 Å². The van der Waals surface area contributed by atoms with Crippen LogP contribution < -0.4 is 5.32 Å². The van der Waals surface area contributed by atoms with E-state index in [0.29, 0.717) is 5.92 Å². The van der Waals surface area contributed by atoms with Gasteiger partial charge in [-0.05, 0) is 18.4 Å². The van der Waals surface area contributed by atoms with Gasteiger partial charge in [-0.15, -0.1) is 0 Å². The highest BCUT2D eigenvalue weighted by Crippen LogP contribution is 2.05. The van der Waals surface area contributed by atoms with Crippen molar-refractivity contribution in [1.29, 1.82) is 0 Å². The van der Waals surface area contributed by atoms with Crippen LogP contribution in [0.15, 0.2) is 24.3 Å². The van der Waals surface area contributed by atoms with E-state index in [0.717, 1.165) is 6.54 Å². The summed E-state index contributed by atoms with van der Waals surface area (Å²) in [7, 11) is 0. The minimum absolute atomic E-state index is 0.186. The summed E-state index contributed by atoms with van der Waals surface area (Å²) < 4.78 is 0. The lowest BCUT2D eigenvalue weighted by atomic mass is 10.0. The smallest absolute Gasteiger partial charge is 0.0587 e. The van der Waals surface area contributed by atoms with Crippen molar-refractivity contribution in [3.63, 3.8) is 0 Å². The molecule has 0 heterocycles. The van der Waals surface area contributed by atoms with Crippen molar-refractivity contribution in [3.05, 3.63) is 35.4 Å². The molecule has 0 aliphatic carbocycles. The average Bonchev–Trinajstić information content (AvgIpc) is 2.21. The van der Waals surface area contributed by atoms with Gasteiger partial charge in [0, 0.05) is 12.6 Å². The molecule has 0 saturated carbocycles. The number of aliphatic hydroxyl groups excluding tert-OH is 1. The number of aryl methyl sites for hydroxylation is 1. The van der Waals surface area contributed by atoms with Crippen molar-refractivity contribution in [3.8, 4) is 0 Å². The first kappa shape index (κ1) is 12.2. The molecule has 84 valence electrons. The number of benzene rings is 1. The van der Waals surface area contributed by atoms with Crippen molar-refractivity contribution in [2.24, 2.45) is 5.92 Å². The lowest BCUT2D eigenvalue weighted by Gasteiger charge is -2.19. The van der Waals surface area contributed by atoms with Crippen LogP contribution in [0.3, 0.4) is 0 Å². The molecule has 0 saturated heterocycles. The standard InChI is InChI=1S/C13H21NO/c1-10(2)13(9-15)14-8-12-6-4-11(3)5-7-12/h4-7,10,13-15H,8-9H2,1-3H3/t13-/m1/s1. The number of hydrogen-bond donors (Lipinski definition) is 2. The molecule has 15 heavy (non-hydrogen) atoms. The Balaban J connectivity index is 2.45. The lowest BCUT2D eigenvalue weighted by molar-refractivity contribution is 0.210. The molecule has 1 aromatic rings. The van der Waals surface area contributed by atoms with E-state index in [4.69, 9.17) is 5.11 Å². The van der Waals surface area contributed by atoms with E-state index in [1.807, 2.05) is 0 Å². The maximum Gasteiger partial charge on any atom is 0.0587 e. The van der Waals surface area contributed by atoms with Crippen LogP contribution in [0.25, 0.3) is 0 Å². The number of nitrogens with one attached hydrogen (secondary N) is 1. The monoisotopic (exact) mass is 207 g/mol. The highest BCUT2D eigenvalue weighted by atomic mass is 16.3. The highest BCUT2D eigenvalue weighted by molar-refractivity contribution is 5.21. The zero-order chi connectivity index (χ0) is 11.3. The van der Waals surface area contributed by atoms with Crippen LogP contribution in [-0.4, -0.2) is 17.8 Å². The molecule has 2 heteroatoms. The Kier molecular flexibility index (Phi) is 4.79. The molecule has 0 bridgehead atoms. The fourth-order valence-corrected chi connectivity index (χ4v) is 1.47. The van der Waals surface area contributed by atoms with E-state index < -0.39 is 0 Å². The molecule has 0 aliphatic rings. The summed E-state index contributed by atoms with van der Waals surface area (Å²) in [6, 6.07) is 8.65. The van der Waals surface area contributed by atoms with E-state index >= 15 is 0 Å². The Hall–Kier alpha value is -0.860. The van der Waals surface area contributed by atoms with Crippen LogP contribution in [0.2, 0.25) is 0 Å². The molecule has 0 fully saturated rings. The molecule has 0 spiro atoms. The quantitative estimate of drug-likeness (QED) is 0.775. The van der Waals surface area contributed by atoms with Gasteiger partial charge in [0.05, 0.1) is 6.61 Å². The predicted molar refractivity (Wildman–Crippen MR) is 63.7 cm³/mol. The fraction of sp³-hybridized carbons (Fsp3) is 0.538. The summed E-state index contributed by atoms with van der Waals surface area (Å²) in [5.74, 6) is 0.459. The van der Waals surface area contributed by atoms with Crippen molar-refractivity contribution >= 4 is 0 Å². The van der Waals surface area contributed by atoms with Crippen LogP contribution in [0, 0.1) is 12.8 Å². The molecular weight excluding hydrogens is 186 g/mol. The van der Waals surface area contributed by atoms with Crippen LogP contribution >= 0.6 is 0 Å². The summed E-state index contributed by atoms with van der Waals surface area (Å²) in [6.45, 7) is 7.33. The van der Waals surface area contributed by atoms with Crippen LogP contribution in [0.5, 0.6) is 0 Å². The Morgan fingerprint density at radius 1 is 1.20 bits per heavy atom. The van der Waals surface area contributed by atoms with Crippen molar-refractivity contribution < 1.29 is 5.11 Å². The third-order valence-corrected chi connectivity index (χ3v) is 2.69. The molecule has 0 aromatic heterocycles. The Bertz CT molecular complexity index is 279. The van der Waals surface area contributed by atoms with E-state index in [9.17, 15) is 0 Å². The molecule has 2 N–H and O–H groups in total. The van der Waals surface area contributed by atoms with Gasteiger partial charge in [0.25, 0.3) is 0 Å². The third kappa shape index (κ3) is 4.02. The molecule has 1 aromatic carbocycles. The lowest BCUT2D eigenvalue weighted by Crippen LogP contribution is -2.36. The Morgan fingerprint density at radius 2 is 1.80 bits per heavy atom. The van der Waals surface area contributed by atoms with E-state index in [1.54, 1.807) is 0 Å². The zero-order valence-corrected chi connectivity index (χ0v) is 9.83. The Morgan fingerprint density at radius 3 is 2.27 bits per heavy atom. The first-order chi connectivity index (χ1) is 7.13. The second-order valence-electron chi connectivity index (χ2n) is 4.40. The largest absolute Gasteiger partial charge is 0.395 e. The molecule has 2 nitrogen and oxygen atoms in total. The van der Waals surface area contributed by atoms with Crippen molar-refractivity contribution in [1.82, 2.24) is 5.32 Å². The summed E-state index contributed by atoms with van der Waals surface area (Å²) in [6.07, 6.45) is 0. The van der Waals surface area contributed by atoms with Gasteiger partial charge in [-0.2, -0.15) is 0 Å². The molecule has 1 atom stereocenters. The van der Waals surface area contributed by atoms with Gasteiger partial charge >= 0.3 is 0 Å². The topological polar surface area (TPSA) is 32.3 Å². The van der Waals surface area contributed by atoms with E-state index in [1.165, 1.54) is 11.1 Å². The van der Waals surface area contributed by atoms with Crippen LogP contribution in [0.1, 0.15) is 25.0 Å². The van der Waals surface area contributed by atoms with Crippen molar-refractivity contribution in [2.75, 3.05) is 6.61 Å². The predicted octanol–water partition coefficient (Wildman–Crippen LogP) is 2.10. The normalized spacial score (nSPS) is 13.1. The molecule has 0 amide bonds. The van der Waals surface area contributed by atoms with Crippen molar-refractivity contribution in [2.45, 2.75) is 33.4 Å². The SMILES string of the molecule is Cc1ccc(CN[C@H](CO)C(C)C)cc1. The van der Waals surface area contributed by atoms with Gasteiger partial charge < -0.3 is 10.4 Å². The summed E-state index contributed by atoms with van der Waals surface area (Å²) in [4.78, 5) is 0. The van der Waals surface area contributed by atoms with Gasteiger partial charge in [-0.1, -0.05) is 43.7 Å². The van der Waals surface area contributed by atoms with Gasteiger partial charge in [0.1, 0.15) is 0 Å². The highest BCUT2D eigenvalue weighted by Gasteiger charge is 2.10. The number of rotatable bonds is 5.